The maximum atomic E-state index is 12.3. The van der Waals surface area contributed by atoms with Crippen molar-refractivity contribution >= 4 is 12.0 Å². The molecule has 130 valence electrons. The van der Waals surface area contributed by atoms with Crippen LogP contribution in [0.1, 0.15) is 18.4 Å². The Labute approximate surface area is 146 Å². The first kappa shape index (κ1) is 17.0. The van der Waals surface area contributed by atoms with E-state index in [0.717, 1.165) is 5.56 Å². The molecule has 1 aromatic heterocycles. The molecule has 1 aliphatic heterocycles. The maximum Gasteiger partial charge on any atom is 0.415 e. The summed E-state index contributed by atoms with van der Waals surface area (Å²) in [5, 5.41) is 2.97. The molecule has 0 unspecified atom stereocenters. The summed E-state index contributed by atoms with van der Waals surface area (Å²) in [6.07, 6.45) is 4.01. The van der Waals surface area contributed by atoms with Crippen LogP contribution in [-0.4, -0.2) is 35.0 Å². The quantitative estimate of drug-likeness (QED) is 0.929. The minimum atomic E-state index is -0.392. The molecule has 6 nitrogen and oxygen atoms in total. The predicted molar refractivity (Wildman–Crippen MR) is 92.8 cm³/mol. The number of benzene rings is 1. The van der Waals surface area contributed by atoms with Crippen molar-refractivity contribution in [3.8, 4) is 5.75 Å². The number of ether oxygens (including phenoxy) is 1. The van der Waals surface area contributed by atoms with Gasteiger partial charge in [0.1, 0.15) is 0 Å². The molecule has 0 saturated carbocycles. The molecule has 2 aromatic rings. The molecule has 1 fully saturated rings. The molecule has 1 N–H and O–H groups in total. The Bertz CT molecular complexity index is 698. The minimum absolute atomic E-state index is 0.0455. The first-order chi connectivity index (χ1) is 12.2. The van der Waals surface area contributed by atoms with Crippen LogP contribution in [0.2, 0.25) is 0 Å². The van der Waals surface area contributed by atoms with Crippen LogP contribution in [0, 0.1) is 5.92 Å². The number of amides is 2. The summed E-state index contributed by atoms with van der Waals surface area (Å²) in [5.74, 6) is 0.408. The zero-order chi connectivity index (χ0) is 17.5. The van der Waals surface area contributed by atoms with Gasteiger partial charge >= 0.3 is 6.09 Å². The van der Waals surface area contributed by atoms with Crippen molar-refractivity contribution in [2.75, 3.05) is 13.1 Å². The molecule has 2 amide bonds. The summed E-state index contributed by atoms with van der Waals surface area (Å²) in [6, 6.07) is 13.2. The predicted octanol–water partition coefficient (Wildman–Crippen LogP) is 2.61. The van der Waals surface area contributed by atoms with Gasteiger partial charge in [0.2, 0.25) is 5.91 Å². The molecular weight excluding hydrogens is 318 g/mol. The molecule has 3 rings (SSSR count). The Morgan fingerprint density at radius 2 is 1.88 bits per heavy atom. The zero-order valence-electron chi connectivity index (χ0n) is 13.9. The number of hydrogen-bond donors (Lipinski definition) is 1. The third-order valence-corrected chi connectivity index (χ3v) is 4.27. The fourth-order valence-corrected chi connectivity index (χ4v) is 2.83. The fourth-order valence-electron chi connectivity index (χ4n) is 2.83. The third kappa shape index (κ3) is 4.79. The summed E-state index contributed by atoms with van der Waals surface area (Å²) in [4.78, 5) is 30.0. The highest BCUT2D eigenvalue weighted by Gasteiger charge is 2.28. The lowest BCUT2D eigenvalue weighted by Crippen LogP contribution is -2.43. The van der Waals surface area contributed by atoms with Gasteiger partial charge in [0.05, 0.1) is 6.20 Å². The summed E-state index contributed by atoms with van der Waals surface area (Å²) in [7, 11) is 0. The first-order valence-corrected chi connectivity index (χ1v) is 8.41. The summed E-state index contributed by atoms with van der Waals surface area (Å²) >= 11 is 0. The molecule has 0 bridgehead atoms. The molecule has 0 aliphatic carbocycles. The van der Waals surface area contributed by atoms with Crippen LogP contribution in [0.15, 0.2) is 54.9 Å². The van der Waals surface area contributed by atoms with E-state index in [2.05, 4.69) is 10.3 Å². The highest BCUT2D eigenvalue weighted by molar-refractivity contribution is 5.79. The summed E-state index contributed by atoms with van der Waals surface area (Å²) in [5.41, 5.74) is 1.08. The van der Waals surface area contributed by atoms with E-state index in [1.165, 1.54) is 6.20 Å². The minimum Gasteiger partial charge on any atom is -0.409 e. The van der Waals surface area contributed by atoms with Crippen LogP contribution in [0.3, 0.4) is 0 Å². The topological polar surface area (TPSA) is 71.5 Å². The zero-order valence-corrected chi connectivity index (χ0v) is 13.9. The fraction of sp³-hybridized carbons (Fsp3) is 0.316. The van der Waals surface area contributed by atoms with Crippen molar-refractivity contribution in [2.24, 2.45) is 5.92 Å². The molecular formula is C19H21N3O3. The number of carbonyl (C=O) groups excluding carboxylic acids is 2. The number of aromatic nitrogens is 1. The molecule has 2 heterocycles. The molecule has 0 radical (unpaired) electrons. The van der Waals surface area contributed by atoms with Gasteiger partial charge in [-0.25, -0.2) is 4.79 Å². The Morgan fingerprint density at radius 1 is 1.12 bits per heavy atom. The van der Waals surface area contributed by atoms with Crippen LogP contribution < -0.4 is 10.1 Å². The third-order valence-electron chi connectivity index (χ3n) is 4.27. The lowest BCUT2D eigenvalue weighted by atomic mass is 9.96. The van der Waals surface area contributed by atoms with Gasteiger partial charge in [0.25, 0.3) is 0 Å². The number of hydrogen-bond acceptors (Lipinski definition) is 4. The van der Waals surface area contributed by atoms with E-state index in [0.29, 0.717) is 38.2 Å². The van der Waals surface area contributed by atoms with Gasteiger partial charge in [-0.15, -0.1) is 0 Å². The molecule has 1 aliphatic rings. The van der Waals surface area contributed by atoms with Gasteiger partial charge in [-0.2, -0.15) is 0 Å². The maximum absolute atomic E-state index is 12.3. The van der Waals surface area contributed by atoms with Gasteiger partial charge in [-0.05, 0) is 30.5 Å². The number of pyridine rings is 1. The molecule has 1 aromatic carbocycles. The van der Waals surface area contributed by atoms with Gasteiger partial charge in [0, 0.05) is 31.7 Å². The lowest BCUT2D eigenvalue weighted by Gasteiger charge is -2.30. The highest BCUT2D eigenvalue weighted by atomic mass is 16.6. The van der Waals surface area contributed by atoms with E-state index in [-0.39, 0.29) is 11.8 Å². The Kier molecular flexibility index (Phi) is 5.61. The van der Waals surface area contributed by atoms with Gasteiger partial charge in [-0.1, -0.05) is 30.3 Å². The van der Waals surface area contributed by atoms with E-state index >= 15 is 0 Å². The average Bonchev–Trinajstić information content (AvgIpc) is 2.68. The van der Waals surface area contributed by atoms with Crippen LogP contribution >= 0.6 is 0 Å². The van der Waals surface area contributed by atoms with Crippen LogP contribution in [0.25, 0.3) is 0 Å². The van der Waals surface area contributed by atoms with E-state index in [9.17, 15) is 9.59 Å². The normalized spacial score (nSPS) is 14.8. The summed E-state index contributed by atoms with van der Waals surface area (Å²) < 4.78 is 5.28. The van der Waals surface area contributed by atoms with Crippen molar-refractivity contribution in [1.82, 2.24) is 15.2 Å². The largest absolute Gasteiger partial charge is 0.415 e. The van der Waals surface area contributed by atoms with Crippen molar-refractivity contribution < 1.29 is 14.3 Å². The molecule has 0 spiro atoms. The Morgan fingerprint density at radius 3 is 2.56 bits per heavy atom. The molecule has 0 atom stereocenters. The molecule has 25 heavy (non-hydrogen) atoms. The van der Waals surface area contributed by atoms with Crippen molar-refractivity contribution in [2.45, 2.75) is 19.4 Å². The number of rotatable bonds is 4. The number of nitrogens with zero attached hydrogens (tertiary/aromatic N) is 2. The van der Waals surface area contributed by atoms with Crippen LogP contribution in [-0.2, 0) is 11.3 Å². The van der Waals surface area contributed by atoms with Crippen molar-refractivity contribution in [1.29, 1.82) is 0 Å². The second-order valence-electron chi connectivity index (χ2n) is 6.02. The van der Waals surface area contributed by atoms with E-state index in [1.807, 2.05) is 30.3 Å². The Balaban J connectivity index is 1.43. The van der Waals surface area contributed by atoms with Gasteiger partial charge in [-0.3, -0.25) is 9.78 Å². The summed E-state index contributed by atoms with van der Waals surface area (Å²) in [6.45, 7) is 1.56. The molecule has 6 heteroatoms. The van der Waals surface area contributed by atoms with E-state index in [1.54, 1.807) is 23.2 Å². The first-order valence-electron chi connectivity index (χ1n) is 8.41. The van der Waals surface area contributed by atoms with Gasteiger partial charge < -0.3 is 15.0 Å². The van der Waals surface area contributed by atoms with Crippen LogP contribution in [0.5, 0.6) is 5.75 Å². The SMILES string of the molecule is O=C(NCc1ccccc1)C1CCN(C(=O)Oc2cccnc2)CC1. The monoisotopic (exact) mass is 339 g/mol. The Hall–Kier alpha value is -2.89. The standard InChI is InChI=1S/C19H21N3O3/c23-18(21-13-15-5-2-1-3-6-15)16-8-11-22(12-9-16)19(24)25-17-7-4-10-20-14-17/h1-7,10,14,16H,8-9,11-13H2,(H,21,23). The number of carbonyl (C=O) groups is 2. The molecule has 1 saturated heterocycles. The smallest absolute Gasteiger partial charge is 0.409 e. The van der Waals surface area contributed by atoms with E-state index < -0.39 is 6.09 Å². The van der Waals surface area contributed by atoms with E-state index in [4.69, 9.17) is 4.74 Å². The second kappa shape index (κ2) is 8.28. The van der Waals surface area contributed by atoms with Crippen molar-refractivity contribution in [3.05, 3.63) is 60.4 Å². The number of likely N-dealkylation sites (tertiary alicyclic amines) is 1. The number of piperidine rings is 1. The van der Waals surface area contributed by atoms with Crippen molar-refractivity contribution in [3.63, 3.8) is 0 Å². The highest BCUT2D eigenvalue weighted by Crippen LogP contribution is 2.19. The second-order valence-corrected chi connectivity index (χ2v) is 6.02. The van der Waals surface area contributed by atoms with Gasteiger partial charge in [0.15, 0.2) is 5.75 Å². The average molecular weight is 339 g/mol. The lowest BCUT2D eigenvalue weighted by molar-refractivity contribution is -0.126. The number of nitrogens with one attached hydrogen (secondary N) is 1. The van der Waals surface area contributed by atoms with Crippen LogP contribution in [0.4, 0.5) is 4.79 Å².